The number of hydrogen-bond donors (Lipinski definition) is 10. The highest BCUT2D eigenvalue weighted by Gasteiger charge is 2.51. The van der Waals surface area contributed by atoms with Crippen molar-refractivity contribution in [1.29, 1.82) is 0 Å². The molecule has 3 aliphatic rings. The second kappa shape index (κ2) is 10.8. The number of nitrogens with two attached hydrogens (primary N) is 4. The number of ketones is 1. The Kier molecular flexibility index (Phi) is 8.74. The third-order valence-corrected chi connectivity index (χ3v) is 6.32. The highest BCUT2D eigenvalue weighted by molar-refractivity contribution is 5.88. The molecule has 2 saturated heterocycles. The highest BCUT2D eigenvalue weighted by Crippen LogP contribution is 2.30. The second-order valence-corrected chi connectivity index (χ2v) is 8.61. The zero-order valence-electron chi connectivity index (χ0n) is 17.7. The van der Waals surface area contributed by atoms with Gasteiger partial charge in [-0.05, 0) is 6.42 Å². The van der Waals surface area contributed by atoms with E-state index in [4.69, 9.17) is 41.9 Å². The Morgan fingerprint density at radius 2 is 1.36 bits per heavy atom. The van der Waals surface area contributed by atoms with Gasteiger partial charge in [-0.25, -0.2) is 0 Å². The molecule has 0 aromatic rings. The first-order valence-corrected chi connectivity index (χ1v) is 10.6. The van der Waals surface area contributed by atoms with E-state index in [0.717, 1.165) is 0 Å². The lowest BCUT2D eigenvalue weighted by Gasteiger charge is -2.47. The predicted molar refractivity (Wildman–Crippen MR) is 107 cm³/mol. The van der Waals surface area contributed by atoms with Crippen LogP contribution in [-0.2, 0) is 23.7 Å². The van der Waals surface area contributed by atoms with E-state index in [-0.39, 0.29) is 13.0 Å². The summed E-state index contributed by atoms with van der Waals surface area (Å²) in [5.41, 5.74) is 23.4. The summed E-state index contributed by atoms with van der Waals surface area (Å²) in [7, 11) is 0. The van der Waals surface area contributed by atoms with Gasteiger partial charge in [0.2, 0.25) is 0 Å². The summed E-state index contributed by atoms with van der Waals surface area (Å²) < 4.78 is 22.0. The minimum Gasteiger partial charge on any atom is -0.394 e. The first-order valence-electron chi connectivity index (χ1n) is 10.6. The van der Waals surface area contributed by atoms with E-state index < -0.39 is 98.0 Å². The molecule has 2 heterocycles. The Morgan fingerprint density at radius 3 is 1.91 bits per heavy atom. The van der Waals surface area contributed by atoms with Crippen LogP contribution in [0.15, 0.2) is 0 Å². The number of hydrogen-bond acceptors (Lipinski definition) is 15. The van der Waals surface area contributed by atoms with Crippen LogP contribution in [0.3, 0.4) is 0 Å². The molecule has 3 rings (SSSR count). The third-order valence-electron chi connectivity index (χ3n) is 6.32. The van der Waals surface area contributed by atoms with Gasteiger partial charge in [-0.15, -0.1) is 0 Å². The first kappa shape index (κ1) is 26.7. The molecule has 0 unspecified atom stereocenters. The molecule has 33 heavy (non-hydrogen) atoms. The number of carbonyl (C=O) groups excluding carboxylic acids is 1. The standard InChI is InChI=1S/C18H34N4O11/c19-2-6-10(25)12(27)13(28)18(30-6)33-16-5(21)1-4(20)15(14(16)29)32-17-11(26)8(22)9(24)7(3-23)31-17/h4-11,13-18,23-26,28-29H,1-3,19-22H2/t4-,5+,6-,7+,8-,9+,10-,11+,13-,14-,15+,16-,17+,18-/m1/s1. The van der Waals surface area contributed by atoms with E-state index in [1.165, 1.54) is 0 Å². The Bertz CT molecular complexity index is 675. The maximum atomic E-state index is 12.1. The molecule has 0 bridgehead atoms. The number of rotatable bonds is 6. The molecule has 0 aromatic carbocycles. The fourth-order valence-electron chi connectivity index (χ4n) is 4.28. The van der Waals surface area contributed by atoms with E-state index in [9.17, 15) is 35.4 Å². The quantitative estimate of drug-likeness (QED) is 0.168. The van der Waals surface area contributed by atoms with Gasteiger partial charge in [0.05, 0.1) is 12.6 Å². The number of carbonyl (C=O) groups is 1. The fraction of sp³-hybridized carbons (Fsp3) is 0.944. The van der Waals surface area contributed by atoms with Crippen LogP contribution in [0.5, 0.6) is 0 Å². The van der Waals surface area contributed by atoms with Gasteiger partial charge >= 0.3 is 0 Å². The number of Topliss-reactive ketones (excluding diaryl/α,β-unsaturated/α-hetero) is 1. The zero-order valence-corrected chi connectivity index (χ0v) is 17.7. The van der Waals surface area contributed by atoms with Crippen LogP contribution < -0.4 is 22.9 Å². The summed E-state index contributed by atoms with van der Waals surface area (Å²) in [6.45, 7) is -0.833. The molecule has 192 valence electrons. The van der Waals surface area contributed by atoms with Crippen molar-refractivity contribution >= 4 is 5.78 Å². The van der Waals surface area contributed by atoms with Crippen molar-refractivity contribution in [2.24, 2.45) is 22.9 Å². The average Bonchev–Trinajstić information content (AvgIpc) is 2.79. The van der Waals surface area contributed by atoms with Crippen molar-refractivity contribution in [2.75, 3.05) is 13.2 Å². The number of aliphatic hydroxyl groups is 6. The van der Waals surface area contributed by atoms with Crippen LogP contribution in [0.2, 0.25) is 0 Å². The average molecular weight is 482 g/mol. The molecule has 15 heteroatoms. The lowest BCUT2D eigenvalue weighted by atomic mass is 9.84. The summed E-state index contributed by atoms with van der Waals surface area (Å²) in [6, 6.07) is -2.92. The van der Waals surface area contributed by atoms with Crippen molar-refractivity contribution in [3.63, 3.8) is 0 Å². The SMILES string of the molecule is NC[C@H]1O[C@H](O[C@H]2[C@H](O)[C@@H](O[C@@H]3O[C@@H](CO)[C@H](O)[C@@H](N)[C@@H]3O)[C@H](N)C[C@@H]2N)[C@H](O)C(=O)[C@@H]1O. The van der Waals surface area contributed by atoms with Crippen LogP contribution in [0, 0.1) is 0 Å². The van der Waals surface area contributed by atoms with Crippen LogP contribution >= 0.6 is 0 Å². The van der Waals surface area contributed by atoms with Crippen molar-refractivity contribution in [3.05, 3.63) is 0 Å². The molecule has 1 aliphatic carbocycles. The van der Waals surface area contributed by atoms with Gasteiger partial charge in [0.1, 0.15) is 48.8 Å². The maximum Gasteiger partial charge on any atom is 0.197 e. The topological polar surface area (TPSA) is 279 Å². The Labute approximate surface area is 189 Å². The summed E-state index contributed by atoms with van der Waals surface area (Å²) in [5.74, 6) is -0.952. The Balaban J connectivity index is 1.73. The first-order chi connectivity index (χ1) is 15.5. The Morgan fingerprint density at radius 1 is 0.818 bits per heavy atom. The number of ether oxygens (including phenoxy) is 4. The van der Waals surface area contributed by atoms with E-state index >= 15 is 0 Å². The van der Waals surface area contributed by atoms with Crippen molar-refractivity contribution in [1.82, 2.24) is 0 Å². The predicted octanol–water partition coefficient (Wildman–Crippen LogP) is -7.08. The smallest absolute Gasteiger partial charge is 0.197 e. The summed E-state index contributed by atoms with van der Waals surface area (Å²) >= 11 is 0. The molecule has 14 N–H and O–H groups in total. The normalized spacial score (nSPS) is 51.5. The van der Waals surface area contributed by atoms with Gasteiger partial charge in [0.25, 0.3) is 0 Å². The molecule has 3 fully saturated rings. The summed E-state index contributed by atoms with van der Waals surface area (Å²) in [5, 5.41) is 60.6. The van der Waals surface area contributed by atoms with E-state index in [1.807, 2.05) is 0 Å². The van der Waals surface area contributed by atoms with Gasteiger partial charge in [-0.1, -0.05) is 0 Å². The molecular formula is C18H34N4O11. The lowest BCUT2D eigenvalue weighted by Crippen LogP contribution is -2.68. The molecule has 0 radical (unpaired) electrons. The Hall–Kier alpha value is -0.890. The summed E-state index contributed by atoms with van der Waals surface area (Å²) in [4.78, 5) is 12.1. The minimum atomic E-state index is -1.86. The third kappa shape index (κ3) is 5.21. The van der Waals surface area contributed by atoms with Crippen molar-refractivity contribution in [2.45, 2.75) is 92.1 Å². The minimum absolute atomic E-state index is 0.0625. The summed E-state index contributed by atoms with van der Waals surface area (Å²) in [6.07, 6.45) is -15.6. The van der Waals surface area contributed by atoms with Crippen LogP contribution in [0.25, 0.3) is 0 Å². The van der Waals surface area contributed by atoms with E-state index in [1.54, 1.807) is 0 Å². The van der Waals surface area contributed by atoms with E-state index in [2.05, 4.69) is 0 Å². The molecule has 0 amide bonds. The zero-order chi connectivity index (χ0) is 24.6. The second-order valence-electron chi connectivity index (χ2n) is 8.61. The van der Waals surface area contributed by atoms with Crippen molar-refractivity contribution in [3.8, 4) is 0 Å². The van der Waals surface area contributed by atoms with Crippen LogP contribution in [-0.4, -0.2) is 135 Å². The largest absolute Gasteiger partial charge is 0.394 e. The lowest BCUT2D eigenvalue weighted by molar-refractivity contribution is -0.317. The van der Waals surface area contributed by atoms with Gasteiger partial charge in [0, 0.05) is 18.6 Å². The molecule has 14 atom stereocenters. The van der Waals surface area contributed by atoms with Crippen molar-refractivity contribution < 1.29 is 54.4 Å². The van der Waals surface area contributed by atoms with Crippen LogP contribution in [0.4, 0.5) is 0 Å². The maximum absolute atomic E-state index is 12.1. The number of aliphatic hydroxyl groups excluding tert-OH is 6. The van der Waals surface area contributed by atoms with Gasteiger partial charge in [0.15, 0.2) is 24.5 Å². The van der Waals surface area contributed by atoms with Gasteiger partial charge in [-0.2, -0.15) is 0 Å². The van der Waals surface area contributed by atoms with Gasteiger partial charge < -0.3 is 72.5 Å². The molecule has 0 aromatic heterocycles. The highest BCUT2D eigenvalue weighted by atomic mass is 16.7. The monoisotopic (exact) mass is 482 g/mol. The van der Waals surface area contributed by atoms with Gasteiger partial charge in [-0.3, -0.25) is 4.79 Å². The molecule has 2 aliphatic heterocycles. The van der Waals surface area contributed by atoms with E-state index in [0.29, 0.717) is 0 Å². The molecule has 1 saturated carbocycles. The van der Waals surface area contributed by atoms with Crippen LogP contribution in [0.1, 0.15) is 6.42 Å². The fourth-order valence-corrected chi connectivity index (χ4v) is 4.28. The molecule has 15 nitrogen and oxygen atoms in total. The molecular weight excluding hydrogens is 448 g/mol. The molecule has 0 spiro atoms.